The maximum atomic E-state index is 12.0. The highest BCUT2D eigenvalue weighted by molar-refractivity contribution is 5.88. The van der Waals surface area contributed by atoms with Crippen molar-refractivity contribution in [2.45, 2.75) is 31.3 Å². The molecule has 0 bridgehead atoms. The van der Waals surface area contributed by atoms with Crippen molar-refractivity contribution in [3.8, 4) is 0 Å². The highest BCUT2D eigenvalue weighted by Crippen LogP contribution is 2.19. The van der Waals surface area contributed by atoms with Crippen LogP contribution in [-0.4, -0.2) is 45.1 Å². The minimum atomic E-state index is -1.18. The Labute approximate surface area is 137 Å². The van der Waals surface area contributed by atoms with Crippen LogP contribution < -0.4 is 11.1 Å². The monoisotopic (exact) mass is 333 g/mol. The van der Waals surface area contributed by atoms with Crippen molar-refractivity contribution in [1.29, 1.82) is 0 Å². The van der Waals surface area contributed by atoms with Gasteiger partial charge in [0.15, 0.2) is 0 Å². The number of carboxylic acid groups (broad SMARTS) is 2. The van der Waals surface area contributed by atoms with Crippen molar-refractivity contribution < 1.29 is 24.6 Å². The molecular weight excluding hydrogens is 314 g/mol. The smallest absolute Gasteiger partial charge is 0.326 e. The van der Waals surface area contributed by atoms with E-state index in [0.29, 0.717) is 0 Å². The van der Waals surface area contributed by atoms with Crippen LogP contribution >= 0.6 is 0 Å². The zero-order valence-electron chi connectivity index (χ0n) is 12.9. The number of carbonyl (C=O) groups is 3. The second-order valence-electron chi connectivity index (χ2n) is 5.50. The van der Waals surface area contributed by atoms with Crippen molar-refractivity contribution in [1.82, 2.24) is 10.3 Å². The number of carbonyl (C=O) groups excluding carboxylic acids is 1. The predicted octanol–water partition coefficient (Wildman–Crippen LogP) is 0.472. The minimum Gasteiger partial charge on any atom is -0.481 e. The van der Waals surface area contributed by atoms with Gasteiger partial charge in [-0.25, -0.2) is 4.79 Å². The maximum Gasteiger partial charge on any atom is 0.326 e. The average molecular weight is 333 g/mol. The van der Waals surface area contributed by atoms with Gasteiger partial charge in [0.05, 0.1) is 6.04 Å². The summed E-state index contributed by atoms with van der Waals surface area (Å²) in [5.74, 6) is -2.92. The van der Waals surface area contributed by atoms with Gasteiger partial charge in [-0.3, -0.25) is 9.59 Å². The average Bonchev–Trinajstić information content (AvgIpc) is 2.94. The number of amides is 1. The lowest BCUT2D eigenvalue weighted by atomic mass is 10.0. The minimum absolute atomic E-state index is 0.0550. The van der Waals surface area contributed by atoms with Crippen LogP contribution in [0.2, 0.25) is 0 Å². The summed E-state index contributed by atoms with van der Waals surface area (Å²) in [6.07, 6.45) is 1.49. The number of H-pyrrole nitrogens is 1. The van der Waals surface area contributed by atoms with Crippen LogP contribution in [0.4, 0.5) is 0 Å². The summed E-state index contributed by atoms with van der Waals surface area (Å²) in [7, 11) is 0. The first-order valence-electron chi connectivity index (χ1n) is 7.44. The number of nitrogens with two attached hydrogens (primary N) is 1. The van der Waals surface area contributed by atoms with E-state index in [1.807, 2.05) is 24.3 Å². The summed E-state index contributed by atoms with van der Waals surface area (Å²) in [6.45, 7) is 0. The Morgan fingerprint density at radius 2 is 1.92 bits per heavy atom. The number of aromatic amines is 1. The van der Waals surface area contributed by atoms with Crippen LogP contribution in [0, 0.1) is 0 Å². The topological polar surface area (TPSA) is 146 Å². The van der Waals surface area contributed by atoms with E-state index < -0.39 is 29.9 Å². The molecule has 8 nitrogen and oxygen atoms in total. The number of aromatic nitrogens is 1. The molecule has 0 fully saturated rings. The predicted molar refractivity (Wildman–Crippen MR) is 86.4 cm³/mol. The molecule has 8 heteroatoms. The largest absolute Gasteiger partial charge is 0.481 e. The van der Waals surface area contributed by atoms with Gasteiger partial charge in [0.1, 0.15) is 6.04 Å². The number of benzene rings is 1. The van der Waals surface area contributed by atoms with Crippen LogP contribution in [0.1, 0.15) is 18.4 Å². The molecule has 2 aromatic rings. The summed E-state index contributed by atoms with van der Waals surface area (Å²) >= 11 is 0. The molecule has 0 saturated heterocycles. The van der Waals surface area contributed by atoms with E-state index in [1.54, 1.807) is 6.20 Å². The van der Waals surface area contributed by atoms with Crippen LogP contribution in [0.25, 0.3) is 10.9 Å². The van der Waals surface area contributed by atoms with E-state index in [1.165, 1.54) is 0 Å². The third-order valence-corrected chi connectivity index (χ3v) is 3.72. The first-order chi connectivity index (χ1) is 11.4. The summed E-state index contributed by atoms with van der Waals surface area (Å²) in [5.41, 5.74) is 7.24. The Hall–Kier alpha value is -2.87. The zero-order chi connectivity index (χ0) is 17.7. The van der Waals surface area contributed by atoms with E-state index in [-0.39, 0.29) is 19.3 Å². The molecule has 2 atom stereocenters. The number of aliphatic carboxylic acids is 2. The van der Waals surface area contributed by atoms with Gasteiger partial charge >= 0.3 is 11.9 Å². The lowest BCUT2D eigenvalue weighted by Crippen LogP contribution is -2.49. The van der Waals surface area contributed by atoms with Crippen LogP contribution in [-0.2, 0) is 20.8 Å². The molecule has 0 spiro atoms. The summed E-state index contributed by atoms with van der Waals surface area (Å²) in [4.78, 5) is 36.9. The SMILES string of the molecule is N[C@@H](CCC(=O)O)C(=O)N[C@H](Cc1c[nH]c2ccccc12)C(=O)O. The fourth-order valence-corrected chi connectivity index (χ4v) is 2.41. The number of para-hydroxylation sites is 1. The van der Waals surface area contributed by atoms with Gasteiger partial charge in [0.2, 0.25) is 5.91 Å². The zero-order valence-corrected chi connectivity index (χ0v) is 12.9. The van der Waals surface area contributed by atoms with E-state index in [9.17, 15) is 19.5 Å². The molecule has 128 valence electrons. The Kier molecular flexibility index (Phi) is 5.54. The number of nitrogens with one attached hydrogen (secondary N) is 2. The Balaban J connectivity index is 2.05. The second kappa shape index (κ2) is 7.60. The number of hydrogen-bond donors (Lipinski definition) is 5. The Morgan fingerprint density at radius 1 is 1.21 bits per heavy atom. The Morgan fingerprint density at radius 3 is 2.58 bits per heavy atom. The fraction of sp³-hybridized carbons (Fsp3) is 0.312. The summed E-state index contributed by atoms with van der Waals surface area (Å²) < 4.78 is 0. The highest BCUT2D eigenvalue weighted by atomic mass is 16.4. The molecule has 2 rings (SSSR count). The molecule has 6 N–H and O–H groups in total. The fourth-order valence-electron chi connectivity index (χ4n) is 2.41. The quantitative estimate of drug-likeness (QED) is 0.475. The van der Waals surface area contributed by atoms with Crippen molar-refractivity contribution in [2.75, 3.05) is 0 Å². The van der Waals surface area contributed by atoms with Gasteiger partial charge < -0.3 is 26.2 Å². The third kappa shape index (κ3) is 4.32. The number of carboxylic acids is 2. The number of hydrogen-bond acceptors (Lipinski definition) is 4. The molecule has 1 aromatic heterocycles. The highest BCUT2D eigenvalue weighted by Gasteiger charge is 2.24. The van der Waals surface area contributed by atoms with Crippen LogP contribution in [0.15, 0.2) is 30.5 Å². The molecule has 1 aromatic carbocycles. The molecule has 0 aliphatic heterocycles. The van der Waals surface area contributed by atoms with Gasteiger partial charge in [-0.05, 0) is 18.1 Å². The maximum absolute atomic E-state index is 12.0. The van der Waals surface area contributed by atoms with Crippen molar-refractivity contribution >= 4 is 28.7 Å². The van der Waals surface area contributed by atoms with Gasteiger partial charge in [-0.1, -0.05) is 18.2 Å². The van der Waals surface area contributed by atoms with Crippen molar-refractivity contribution in [3.63, 3.8) is 0 Å². The molecule has 0 saturated carbocycles. The van der Waals surface area contributed by atoms with Gasteiger partial charge in [-0.2, -0.15) is 0 Å². The summed E-state index contributed by atoms with van der Waals surface area (Å²) in [5, 5.41) is 21.2. The lowest BCUT2D eigenvalue weighted by Gasteiger charge is -2.17. The van der Waals surface area contributed by atoms with E-state index in [4.69, 9.17) is 10.8 Å². The van der Waals surface area contributed by atoms with Crippen molar-refractivity contribution in [3.05, 3.63) is 36.0 Å². The number of rotatable bonds is 8. The molecule has 0 aliphatic carbocycles. The van der Waals surface area contributed by atoms with Crippen LogP contribution in [0.3, 0.4) is 0 Å². The molecule has 24 heavy (non-hydrogen) atoms. The standard InChI is InChI=1S/C16H19N3O5/c17-11(5-6-14(20)21)15(22)19-13(16(23)24)7-9-8-18-12-4-2-1-3-10(9)12/h1-4,8,11,13,18H,5-7,17H2,(H,19,22)(H,20,21)(H,23,24)/t11-,13+/m0/s1. The first-order valence-corrected chi connectivity index (χ1v) is 7.44. The van der Waals surface area contributed by atoms with E-state index in [0.717, 1.165) is 16.5 Å². The first kappa shape index (κ1) is 17.5. The molecule has 0 aliphatic rings. The molecule has 1 heterocycles. The third-order valence-electron chi connectivity index (χ3n) is 3.72. The molecular formula is C16H19N3O5. The van der Waals surface area contributed by atoms with Gasteiger partial charge in [0.25, 0.3) is 0 Å². The van der Waals surface area contributed by atoms with Gasteiger partial charge in [-0.15, -0.1) is 0 Å². The normalized spacial score (nSPS) is 13.4. The number of fused-ring (bicyclic) bond motifs is 1. The van der Waals surface area contributed by atoms with E-state index >= 15 is 0 Å². The molecule has 0 unspecified atom stereocenters. The van der Waals surface area contributed by atoms with Gasteiger partial charge in [0, 0.05) is 29.9 Å². The lowest BCUT2D eigenvalue weighted by molar-refractivity contribution is -0.142. The van der Waals surface area contributed by atoms with Crippen molar-refractivity contribution in [2.24, 2.45) is 5.73 Å². The second-order valence-corrected chi connectivity index (χ2v) is 5.50. The molecule has 0 radical (unpaired) electrons. The van der Waals surface area contributed by atoms with E-state index in [2.05, 4.69) is 10.3 Å². The molecule has 1 amide bonds. The van der Waals surface area contributed by atoms with Crippen LogP contribution in [0.5, 0.6) is 0 Å². The summed E-state index contributed by atoms with van der Waals surface area (Å²) in [6, 6.07) is 5.23. The Bertz CT molecular complexity index is 755.